The van der Waals surface area contributed by atoms with Crippen LogP contribution >= 0.6 is 0 Å². The summed E-state index contributed by atoms with van der Waals surface area (Å²) in [5, 5.41) is 36.7. The summed E-state index contributed by atoms with van der Waals surface area (Å²) in [6.45, 7) is 1.20. The molecule has 1 aliphatic heterocycles. The minimum absolute atomic E-state index is 0.168. The van der Waals surface area contributed by atoms with Crippen LogP contribution in [0, 0.1) is 0 Å². The molecule has 0 saturated carbocycles. The monoisotopic (exact) mass is 178 g/mol. The summed E-state index contributed by atoms with van der Waals surface area (Å²) in [6, 6.07) is 0. The number of hydrogen-bond donors (Lipinski definition) is 4. The number of aliphatic hydroxyl groups is 4. The molecule has 0 amide bonds. The molecule has 0 aliphatic carbocycles. The minimum atomic E-state index is -1.72. The van der Waals surface area contributed by atoms with Gasteiger partial charge in [-0.25, -0.2) is 0 Å². The summed E-state index contributed by atoms with van der Waals surface area (Å²) in [4.78, 5) is 0. The van der Waals surface area contributed by atoms with Gasteiger partial charge in [-0.05, 0) is 0 Å². The number of hydrogen-bond acceptors (Lipinski definition) is 5. The molecular formula is C7H14O5. The normalized spacial score (nSPS) is 48.2. The molecule has 1 aliphatic rings. The molecule has 0 unspecified atom stereocenters. The Hall–Kier alpha value is -0.200. The zero-order valence-electron chi connectivity index (χ0n) is 6.84. The molecule has 4 N–H and O–H groups in total. The molecule has 0 aromatic rings. The first-order valence-corrected chi connectivity index (χ1v) is 3.92. The van der Waals surface area contributed by atoms with E-state index in [1.54, 1.807) is 6.92 Å². The maximum Gasteiger partial charge on any atom is 0.194 e. The third-order valence-electron chi connectivity index (χ3n) is 2.21. The van der Waals surface area contributed by atoms with Gasteiger partial charge < -0.3 is 25.2 Å². The van der Waals surface area contributed by atoms with Gasteiger partial charge in [0.2, 0.25) is 0 Å². The van der Waals surface area contributed by atoms with Gasteiger partial charge >= 0.3 is 0 Å². The minimum Gasteiger partial charge on any atom is -0.394 e. The van der Waals surface area contributed by atoms with Crippen LogP contribution in [0.5, 0.6) is 0 Å². The number of rotatable bonds is 2. The first-order chi connectivity index (χ1) is 5.55. The highest BCUT2D eigenvalue weighted by Crippen LogP contribution is 2.31. The molecule has 5 heteroatoms. The molecule has 4 atom stereocenters. The fraction of sp³-hybridized carbons (Fsp3) is 1.00. The van der Waals surface area contributed by atoms with Gasteiger partial charge in [-0.1, -0.05) is 6.92 Å². The van der Waals surface area contributed by atoms with E-state index in [2.05, 4.69) is 0 Å². The predicted molar refractivity (Wildman–Crippen MR) is 39.2 cm³/mol. The van der Waals surface area contributed by atoms with Gasteiger partial charge in [0.1, 0.15) is 18.3 Å². The molecule has 1 rings (SSSR count). The van der Waals surface area contributed by atoms with E-state index in [1.165, 1.54) is 0 Å². The number of aliphatic hydroxyl groups excluding tert-OH is 3. The summed E-state index contributed by atoms with van der Waals surface area (Å²) >= 11 is 0. The van der Waals surface area contributed by atoms with E-state index < -0.39 is 30.7 Å². The van der Waals surface area contributed by atoms with Crippen molar-refractivity contribution in [1.29, 1.82) is 0 Å². The van der Waals surface area contributed by atoms with E-state index in [9.17, 15) is 15.3 Å². The Labute approximate surface area is 70.2 Å². The van der Waals surface area contributed by atoms with Crippen LogP contribution in [0.3, 0.4) is 0 Å². The van der Waals surface area contributed by atoms with Gasteiger partial charge in [-0.2, -0.15) is 0 Å². The fourth-order valence-corrected chi connectivity index (χ4v) is 1.31. The zero-order chi connectivity index (χ0) is 9.35. The summed E-state index contributed by atoms with van der Waals surface area (Å²) in [5.74, 6) is -1.72. The molecule has 12 heavy (non-hydrogen) atoms. The largest absolute Gasteiger partial charge is 0.394 e. The van der Waals surface area contributed by atoms with Gasteiger partial charge in [-0.15, -0.1) is 0 Å². The van der Waals surface area contributed by atoms with Crippen molar-refractivity contribution >= 4 is 0 Å². The molecule has 0 aromatic carbocycles. The van der Waals surface area contributed by atoms with E-state index >= 15 is 0 Å². The second-order valence-corrected chi connectivity index (χ2v) is 2.97. The fourth-order valence-electron chi connectivity index (χ4n) is 1.31. The van der Waals surface area contributed by atoms with Crippen LogP contribution in [0.15, 0.2) is 0 Å². The highest BCUT2D eigenvalue weighted by Gasteiger charge is 2.51. The molecular weight excluding hydrogens is 164 g/mol. The summed E-state index contributed by atoms with van der Waals surface area (Å²) in [7, 11) is 0. The standard InChI is InChI=1S/C7H14O5/c1-2-7(11)6(10)5(9)4(3-8)12-7/h4-6,8-11H,2-3H2,1H3/t4-,5+,6+,7-/m1/s1. The Morgan fingerprint density at radius 2 is 2.00 bits per heavy atom. The van der Waals surface area contributed by atoms with Crippen molar-refractivity contribution in [3.05, 3.63) is 0 Å². The molecule has 1 saturated heterocycles. The van der Waals surface area contributed by atoms with Crippen LogP contribution in [0.1, 0.15) is 13.3 Å². The second-order valence-electron chi connectivity index (χ2n) is 2.97. The quantitative estimate of drug-likeness (QED) is 0.400. The molecule has 0 bridgehead atoms. The Kier molecular flexibility index (Phi) is 2.70. The van der Waals surface area contributed by atoms with Crippen molar-refractivity contribution in [3.8, 4) is 0 Å². The predicted octanol–water partition coefficient (Wildman–Crippen LogP) is -1.80. The molecule has 5 nitrogen and oxygen atoms in total. The number of ether oxygens (including phenoxy) is 1. The van der Waals surface area contributed by atoms with Crippen LogP contribution < -0.4 is 0 Å². The van der Waals surface area contributed by atoms with Crippen LogP contribution in [0.25, 0.3) is 0 Å². The Morgan fingerprint density at radius 1 is 1.42 bits per heavy atom. The van der Waals surface area contributed by atoms with Crippen molar-refractivity contribution in [2.24, 2.45) is 0 Å². The van der Waals surface area contributed by atoms with E-state index in [0.717, 1.165) is 0 Å². The van der Waals surface area contributed by atoms with Crippen molar-refractivity contribution in [1.82, 2.24) is 0 Å². The third-order valence-corrected chi connectivity index (χ3v) is 2.21. The highest BCUT2D eigenvalue weighted by molar-refractivity contribution is 4.94. The van der Waals surface area contributed by atoms with Crippen molar-refractivity contribution in [2.45, 2.75) is 37.4 Å². The van der Waals surface area contributed by atoms with Gasteiger partial charge in [0.15, 0.2) is 5.79 Å². The lowest BCUT2D eigenvalue weighted by atomic mass is 10.0. The van der Waals surface area contributed by atoms with Crippen LogP contribution in [-0.4, -0.2) is 51.1 Å². The Morgan fingerprint density at radius 3 is 2.25 bits per heavy atom. The average Bonchev–Trinajstić information content (AvgIpc) is 2.31. The maximum atomic E-state index is 9.50. The Balaban J connectivity index is 2.72. The maximum absolute atomic E-state index is 9.50. The first-order valence-electron chi connectivity index (χ1n) is 3.92. The lowest BCUT2D eigenvalue weighted by Crippen LogP contribution is -2.42. The highest BCUT2D eigenvalue weighted by atomic mass is 16.7. The molecule has 72 valence electrons. The summed E-state index contributed by atoms with van der Waals surface area (Å²) < 4.78 is 4.88. The third kappa shape index (κ3) is 1.34. The molecule has 0 aromatic heterocycles. The summed E-state index contributed by atoms with van der Waals surface area (Å²) in [5.41, 5.74) is 0. The SMILES string of the molecule is CC[C@@]1(O)O[C@H](CO)[C@H](O)[C@@H]1O. The molecule has 1 fully saturated rings. The van der Waals surface area contributed by atoms with E-state index in [0.29, 0.717) is 0 Å². The smallest absolute Gasteiger partial charge is 0.194 e. The van der Waals surface area contributed by atoms with Crippen LogP contribution in [0.2, 0.25) is 0 Å². The van der Waals surface area contributed by atoms with Crippen LogP contribution in [0.4, 0.5) is 0 Å². The van der Waals surface area contributed by atoms with Gasteiger partial charge in [0.05, 0.1) is 6.61 Å². The van der Waals surface area contributed by atoms with E-state index in [1.807, 2.05) is 0 Å². The topological polar surface area (TPSA) is 90.2 Å². The van der Waals surface area contributed by atoms with Gasteiger partial charge in [0.25, 0.3) is 0 Å². The van der Waals surface area contributed by atoms with Crippen molar-refractivity contribution in [2.75, 3.05) is 6.61 Å². The second kappa shape index (κ2) is 3.27. The summed E-state index contributed by atoms with van der Waals surface area (Å²) in [6.07, 6.45) is -3.30. The van der Waals surface area contributed by atoms with E-state index in [4.69, 9.17) is 9.84 Å². The van der Waals surface area contributed by atoms with E-state index in [-0.39, 0.29) is 6.42 Å². The lowest BCUT2D eigenvalue weighted by molar-refractivity contribution is -0.231. The molecule has 0 spiro atoms. The van der Waals surface area contributed by atoms with Gasteiger partial charge in [0, 0.05) is 6.42 Å². The van der Waals surface area contributed by atoms with Crippen molar-refractivity contribution < 1.29 is 25.2 Å². The molecule has 0 radical (unpaired) electrons. The van der Waals surface area contributed by atoms with Crippen molar-refractivity contribution in [3.63, 3.8) is 0 Å². The zero-order valence-corrected chi connectivity index (χ0v) is 6.84. The Bertz CT molecular complexity index is 162. The molecule has 1 heterocycles. The lowest BCUT2D eigenvalue weighted by Gasteiger charge is -2.23. The van der Waals surface area contributed by atoms with Crippen LogP contribution in [-0.2, 0) is 4.74 Å². The van der Waals surface area contributed by atoms with Gasteiger partial charge in [-0.3, -0.25) is 0 Å². The average molecular weight is 178 g/mol. The first kappa shape index (κ1) is 9.88.